The van der Waals surface area contributed by atoms with Gasteiger partial charge >= 0.3 is 0 Å². The van der Waals surface area contributed by atoms with Crippen molar-refractivity contribution in [1.82, 2.24) is 4.90 Å². The Kier molecular flexibility index (Phi) is 6.46. The molecule has 0 bridgehead atoms. The van der Waals surface area contributed by atoms with Crippen LogP contribution in [0.3, 0.4) is 0 Å². The molecule has 0 aliphatic rings. The SMILES string of the molecule is CCC(c1ccc(F)cc1)N(C)CCC(N)C(C)C. The zero-order valence-electron chi connectivity index (χ0n) is 12.6. The molecule has 0 fully saturated rings. The molecule has 19 heavy (non-hydrogen) atoms. The molecule has 3 heteroatoms. The minimum absolute atomic E-state index is 0.178. The van der Waals surface area contributed by atoms with E-state index in [0.29, 0.717) is 12.0 Å². The first-order chi connectivity index (χ1) is 8.95. The average Bonchev–Trinajstić information content (AvgIpc) is 2.38. The number of hydrogen-bond donors (Lipinski definition) is 1. The summed E-state index contributed by atoms with van der Waals surface area (Å²) in [6.07, 6.45) is 2.00. The average molecular weight is 266 g/mol. The number of halogens is 1. The van der Waals surface area contributed by atoms with Gasteiger partial charge in [0.05, 0.1) is 0 Å². The van der Waals surface area contributed by atoms with Gasteiger partial charge < -0.3 is 5.73 Å². The van der Waals surface area contributed by atoms with Crippen molar-refractivity contribution in [3.05, 3.63) is 35.6 Å². The zero-order chi connectivity index (χ0) is 14.4. The number of rotatable bonds is 7. The molecule has 1 aromatic carbocycles. The van der Waals surface area contributed by atoms with Gasteiger partial charge in [0.1, 0.15) is 5.82 Å². The van der Waals surface area contributed by atoms with E-state index < -0.39 is 0 Å². The van der Waals surface area contributed by atoms with E-state index in [1.807, 2.05) is 12.1 Å². The second-order valence-corrected chi connectivity index (χ2v) is 5.65. The topological polar surface area (TPSA) is 29.3 Å². The Balaban J connectivity index is 2.61. The molecule has 2 nitrogen and oxygen atoms in total. The molecule has 0 amide bonds. The number of hydrogen-bond acceptors (Lipinski definition) is 2. The minimum Gasteiger partial charge on any atom is -0.327 e. The lowest BCUT2D eigenvalue weighted by Gasteiger charge is -2.29. The van der Waals surface area contributed by atoms with E-state index in [9.17, 15) is 4.39 Å². The normalized spacial score (nSPS) is 14.9. The van der Waals surface area contributed by atoms with Gasteiger partial charge in [-0.3, -0.25) is 4.90 Å². The first-order valence-corrected chi connectivity index (χ1v) is 7.17. The smallest absolute Gasteiger partial charge is 0.123 e. The molecular weight excluding hydrogens is 239 g/mol. The number of benzene rings is 1. The summed E-state index contributed by atoms with van der Waals surface area (Å²) in [6, 6.07) is 7.40. The van der Waals surface area contributed by atoms with Gasteiger partial charge in [-0.15, -0.1) is 0 Å². The van der Waals surface area contributed by atoms with Crippen LogP contribution in [0.1, 0.15) is 45.2 Å². The van der Waals surface area contributed by atoms with Gasteiger partial charge in [-0.2, -0.15) is 0 Å². The monoisotopic (exact) mass is 266 g/mol. The van der Waals surface area contributed by atoms with Crippen LogP contribution >= 0.6 is 0 Å². The molecule has 0 spiro atoms. The van der Waals surface area contributed by atoms with Gasteiger partial charge in [0.25, 0.3) is 0 Å². The standard InChI is InChI=1S/C16H27FN2/c1-5-16(13-6-8-14(17)9-7-13)19(4)11-10-15(18)12(2)3/h6-9,12,15-16H,5,10-11,18H2,1-4H3. The fourth-order valence-corrected chi connectivity index (χ4v) is 2.33. The Bertz CT molecular complexity index is 362. The molecule has 0 saturated heterocycles. The summed E-state index contributed by atoms with van der Waals surface area (Å²) in [4.78, 5) is 2.31. The van der Waals surface area contributed by atoms with Crippen molar-refractivity contribution in [1.29, 1.82) is 0 Å². The molecule has 0 aliphatic heterocycles. The summed E-state index contributed by atoms with van der Waals surface area (Å²) < 4.78 is 13.0. The second-order valence-electron chi connectivity index (χ2n) is 5.65. The van der Waals surface area contributed by atoms with E-state index in [1.54, 1.807) is 0 Å². The third-order valence-corrected chi connectivity index (χ3v) is 3.84. The summed E-state index contributed by atoms with van der Waals surface area (Å²) in [5, 5.41) is 0. The van der Waals surface area contributed by atoms with Crippen molar-refractivity contribution in [2.75, 3.05) is 13.6 Å². The summed E-state index contributed by atoms with van der Waals surface area (Å²) in [5.74, 6) is 0.336. The van der Waals surface area contributed by atoms with Crippen molar-refractivity contribution in [3.63, 3.8) is 0 Å². The molecule has 2 atom stereocenters. The summed E-state index contributed by atoms with van der Waals surface area (Å²) in [6.45, 7) is 7.44. The van der Waals surface area contributed by atoms with Gasteiger partial charge in [0.2, 0.25) is 0 Å². The molecule has 0 radical (unpaired) electrons. The Morgan fingerprint density at radius 3 is 2.26 bits per heavy atom. The highest BCUT2D eigenvalue weighted by Gasteiger charge is 2.16. The van der Waals surface area contributed by atoms with E-state index in [1.165, 1.54) is 17.7 Å². The van der Waals surface area contributed by atoms with Crippen LogP contribution in [0, 0.1) is 11.7 Å². The fraction of sp³-hybridized carbons (Fsp3) is 0.625. The first-order valence-electron chi connectivity index (χ1n) is 7.17. The van der Waals surface area contributed by atoms with E-state index >= 15 is 0 Å². The third kappa shape index (κ3) is 4.92. The van der Waals surface area contributed by atoms with Crippen molar-refractivity contribution >= 4 is 0 Å². The molecule has 0 aliphatic carbocycles. The largest absolute Gasteiger partial charge is 0.327 e. The third-order valence-electron chi connectivity index (χ3n) is 3.84. The van der Waals surface area contributed by atoms with Crippen molar-refractivity contribution in [2.24, 2.45) is 11.7 Å². The Morgan fingerprint density at radius 1 is 1.21 bits per heavy atom. The zero-order valence-corrected chi connectivity index (χ0v) is 12.6. The molecule has 1 rings (SSSR count). The fourth-order valence-electron chi connectivity index (χ4n) is 2.33. The first kappa shape index (κ1) is 16.1. The van der Waals surface area contributed by atoms with Gasteiger partial charge in [-0.05, 0) is 50.0 Å². The van der Waals surface area contributed by atoms with Gasteiger partial charge in [-0.25, -0.2) is 4.39 Å². The van der Waals surface area contributed by atoms with E-state index in [4.69, 9.17) is 5.73 Å². The Labute approximate surface area is 116 Å². The summed E-state index contributed by atoms with van der Waals surface area (Å²) >= 11 is 0. The molecule has 0 saturated carbocycles. The molecule has 0 heterocycles. The lowest BCUT2D eigenvalue weighted by atomic mass is 9.99. The molecule has 2 N–H and O–H groups in total. The van der Waals surface area contributed by atoms with Crippen LogP contribution in [0.2, 0.25) is 0 Å². The van der Waals surface area contributed by atoms with Crippen LogP contribution in [0.25, 0.3) is 0 Å². The van der Waals surface area contributed by atoms with Crippen LogP contribution < -0.4 is 5.73 Å². The maximum absolute atomic E-state index is 13.0. The van der Waals surface area contributed by atoms with Crippen LogP contribution in [0.5, 0.6) is 0 Å². The molecule has 2 unspecified atom stereocenters. The Morgan fingerprint density at radius 2 is 1.79 bits per heavy atom. The highest BCUT2D eigenvalue weighted by molar-refractivity contribution is 5.19. The lowest BCUT2D eigenvalue weighted by molar-refractivity contribution is 0.223. The van der Waals surface area contributed by atoms with Crippen LogP contribution in [-0.4, -0.2) is 24.5 Å². The molecule has 0 aromatic heterocycles. The summed E-state index contributed by atoms with van der Waals surface area (Å²) in [7, 11) is 2.12. The number of nitrogens with zero attached hydrogens (tertiary/aromatic N) is 1. The van der Waals surface area contributed by atoms with Crippen molar-refractivity contribution in [2.45, 2.75) is 45.7 Å². The number of nitrogens with two attached hydrogens (primary N) is 1. The highest BCUT2D eigenvalue weighted by Crippen LogP contribution is 2.23. The van der Waals surface area contributed by atoms with Crippen molar-refractivity contribution in [3.8, 4) is 0 Å². The summed E-state index contributed by atoms with van der Waals surface area (Å²) in [5.41, 5.74) is 7.26. The van der Waals surface area contributed by atoms with Crippen molar-refractivity contribution < 1.29 is 4.39 Å². The van der Waals surface area contributed by atoms with E-state index in [2.05, 4.69) is 32.7 Å². The maximum atomic E-state index is 13.0. The molecule has 1 aromatic rings. The van der Waals surface area contributed by atoms with Crippen LogP contribution in [0.4, 0.5) is 4.39 Å². The Hall–Kier alpha value is -0.930. The maximum Gasteiger partial charge on any atom is 0.123 e. The lowest BCUT2D eigenvalue weighted by Crippen LogP contribution is -2.33. The quantitative estimate of drug-likeness (QED) is 0.817. The van der Waals surface area contributed by atoms with Gasteiger partial charge in [0, 0.05) is 12.1 Å². The van der Waals surface area contributed by atoms with Gasteiger partial charge in [-0.1, -0.05) is 32.9 Å². The molecule has 108 valence electrons. The van der Waals surface area contributed by atoms with Crippen LogP contribution in [0.15, 0.2) is 24.3 Å². The predicted octanol–water partition coefficient (Wildman–Crippen LogP) is 3.58. The van der Waals surface area contributed by atoms with E-state index in [-0.39, 0.29) is 11.9 Å². The molecular formula is C16H27FN2. The van der Waals surface area contributed by atoms with Crippen LogP contribution in [-0.2, 0) is 0 Å². The second kappa shape index (κ2) is 7.61. The van der Waals surface area contributed by atoms with E-state index in [0.717, 1.165) is 19.4 Å². The van der Waals surface area contributed by atoms with Gasteiger partial charge in [0.15, 0.2) is 0 Å². The highest BCUT2D eigenvalue weighted by atomic mass is 19.1. The predicted molar refractivity (Wildman–Crippen MR) is 79.5 cm³/mol. The minimum atomic E-state index is -0.178.